The maximum atomic E-state index is 13.3. The average molecular weight is 520 g/mol. The minimum atomic E-state index is -4.52. The molecule has 0 bridgehead atoms. The minimum Gasteiger partial charge on any atom is -0.530 e. The predicted molar refractivity (Wildman–Crippen MR) is 121 cm³/mol. The van der Waals surface area contributed by atoms with Gasteiger partial charge in [0.15, 0.2) is 0 Å². The maximum absolute atomic E-state index is 13.3. The van der Waals surface area contributed by atoms with Crippen LogP contribution < -0.4 is 15.1 Å². The van der Waals surface area contributed by atoms with Gasteiger partial charge in [0.05, 0.1) is 11.8 Å². The van der Waals surface area contributed by atoms with E-state index in [0.717, 1.165) is 37.8 Å². The number of carbonyl (C=O) groups is 2. The SMILES string of the molecule is CS(=O)(=O)NC(=O)CCCNc1cc(C(F)(F)F)ccc1CN1CCCC12CCN(C(=O)[O-])CC2. The normalized spacial score (nSPS) is 18.6. The van der Waals surface area contributed by atoms with Crippen molar-refractivity contribution in [2.45, 2.75) is 56.8 Å². The molecule has 1 spiro atoms. The number of benzene rings is 1. The minimum absolute atomic E-state index is 0.0987. The van der Waals surface area contributed by atoms with Gasteiger partial charge in [-0.15, -0.1) is 0 Å². The first-order valence-corrected chi connectivity index (χ1v) is 13.3. The van der Waals surface area contributed by atoms with E-state index < -0.39 is 33.8 Å². The van der Waals surface area contributed by atoms with Gasteiger partial charge in [0.1, 0.15) is 6.09 Å². The van der Waals surface area contributed by atoms with Crippen LogP contribution in [0.5, 0.6) is 0 Å². The van der Waals surface area contributed by atoms with Crippen molar-refractivity contribution in [1.82, 2.24) is 14.5 Å². The van der Waals surface area contributed by atoms with E-state index in [0.29, 0.717) is 43.7 Å². The van der Waals surface area contributed by atoms with Crippen LogP contribution in [-0.2, 0) is 27.5 Å². The van der Waals surface area contributed by atoms with Gasteiger partial charge in [0.2, 0.25) is 15.9 Å². The second-order valence-electron chi connectivity index (χ2n) is 9.20. The Kier molecular flexibility index (Phi) is 8.20. The number of halogens is 3. The van der Waals surface area contributed by atoms with Gasteiger partial charge < -0.3 is 20.1 Å². The lowest BCUT2D eigenvalue weighted by Crippen LogP contribution is -2.55. The highest BCUT2D eigenvalue weighted by molar-refractivity contribution is 7.89. The Bertz CT molecular complexity index is 1040. The molecule has 13 heteroatoms. The third kappa shape index (κ3) is 7.23. The van der Waals surface area contributed by atoms with Gasteiger partial charge >= 0.3 is 6.18 Å². The van der Waals surface area contributed by atoms with Gasteiger partial charge in [0, 0.05) is 43.8 Å². The molecule has 1 aromatic carbocycles. The number of nitrogens with zero attached hydrogens (tertiary/aromatic N) is 2. The lowest BCUT2D eigenvalue weighted by Gasteiger charge is -2.46. The molecule has 9 nitrogen and oxygen atoms in total. The molecule has 0 aromatic heterocycles. The van der Waals surface area contributed by atoms with E-state index in [9.17, 15) is 36.3 Å². The number of nitrogens with one attached hydrogen (secondary N) is 2. The molecule has 35 heavy (non-hydrogen) atoms. The van der Waals surface area contributed by atoms with E-state index in [1.807, 2.05) is 4.72 Å². The standard InChI is InChI=1S/C22H31F3N4O5S/c1-35(33,34)27-19(30)4-2-10-26-18-14-17(22(23,24)25)6-5-16(18)15-29-11-3-7-21(29)8-12-28(13-9-21)20(31)32/h5-6,14,26H,2-4,7-13,15H2,1H3,(H,27,30)(H,31,32)/p-1. The molecule has 2 heterocycles. The van der Waals surface area contributed by atoms with E-state index in [1.165, 1.54) is 11.0 Å². The molecular formula is C22H30F3N4O5S-. The monoisotopic (exact) mass is 519 g/mol. The maximum Gasteiger partial charge on any atom is 0.416 e. The number of sulfonamides is 1. The first-order valence-electron chi connectivity index (χ1n) is 11.4. The molecule has 0 radical (unpaired) electrons. The van der Waals surface area contributed by atoms with Gasteiger partial charge in [-0.05, 0) is 56.3 Å². The van der Waals surface area contributed by atoms with Crippen LogP contribution >= 0.6 is 0 Å². The smallest absolute Gasteiger partial charge is 0.416 e. The number of amides is 2. The molecule has 0 unspecified atom stereocenters. The van der Waals surface area contributed by atoms with Crippen LogP contribution in [0.15, 0.2) is 18.2 Å². The van der Waals surface area contributed by atoms with E-state index in [-0.39, 0.29) is 24.9 Å². The van der Waals surface area contributed by atoms with Crippen molar-refractivity contribution in [1.29, 1.82) is 0 Å². The lowest BCUT2D eigenvalue weighted by molar-refractivity contribution is -0.267. The largest absolute Gasteiger partial charge is 0.530 e. The summed E-state index contributed by atoms with van der Waals surface area (Å²) in [6.45, 7) is 2.08. The fourth-order valence-electron chi connectivity index (χ4n) is 4.90. The highest BCUT2D eigenvalue weighted by Crippen LogP contribution is 2.40. The Balaban J connectivity index is 1.70. The molecule has 0 aliphatic carbocycles. The van der Waals surface area contributed by atoms with Crippen molar-refractivity contribution >= 4 is 27.7 Å². The van der Waals surface area contributed by atoms with Gasteiger partial charge in [-0.25, -0.2) is 8.42 Å². The van der Waals surface area contributed by atoms with Crippen molar-refractivity contribution in [3.63, 3.8) is 0 Å². The number of alkyl halides is 3. The Morgan fingerprint density at radius 3 is 2.43 bits per heavy atom. The number of anilines is 1. The molecule has 3 rings (SSSR count). The molecule has 0 saturated carbocycles. The third-order valence-electron chi connectivity index (χ3n) is 6.69. The Morgan fingerprint density at radius 2 is 1.83 bits per heavy atom. The summed E-state index contributed by atoms with van der Waals surface area (Å²) in [7, 11) is -3.67. The Morgan fingerprint density at radius 1 is 1.14 bits per heavy atom. The van der Waals surface area contributed by atoms with Gasteiger partial charge in [-0.2, -0.15) is 13.2 Å². The molecule has 2 amide bonds. The second-order valence-corrected chi connectivity index (χ2v) is 10.9. The number of rotatable bonds is 8. The molecule has 1 aromatic rings. The van der Waals surface area contributed by atoms with E-state index in [4.69, 9.17) is 0 Å². The van der Waals surface area contributed by atoms with Gasteiger partial charge in [0.25, 0.3) is 0 Å². The quantitative estimate of drug-likeness (QED) is 0.502. The number of carboxylic acid groups (broad SMARTS) is 1. The van der Waals surface area contributed by atoms with Crippen LogP contribution in [0, 0.1) is 0 Å². The van der Waals surface area contributed by atoms with Crippen molar-refractivity contribution in [3.8, 4) is 0 Å². The van der Waals surface area contributed by atoms with E-state index in [1.54, 1.807) is 0 Å². The molecule has 2 saturated heterocycles. The number of hydrogen-bond donors (Lipinski definition) is 2. The summed E-state index contributed by atoms with van der Waals surface area (Å²) in [5.41, 5.74) is -0.0212. The molecule has 2 aliphatic rings. The van der Waals surface area contributed by atoms with Crippen LogP contribution in [0.25, 0.3) is 0 Å². The first kappa shape index (κ1) is 27.1. The van der Waals surface area contributed by atoms with Crippen LogP contribution in [0.1, 0.15) is 49.7 Å². The molecule has 2 N–H and O–H groups in total. The number of piperidine rings is 1. The average Bonchev–Trinajstić information content (AvgIpc) is 3.12. The van der Waals surface area contributed by atoms with Crippen molar-refractivity contribution in [2.24, 2.45) is 0 Å². The summed E-state index contributed by atoms with van der Waals surface area (Å²) in [5, 5.41) is 14.2. The fourth-order valence-corrected chi connectivity index (χ4v) is 5.42. The summed E-state index contributed by atoms with van der Waals surface area (Å²) in [6.07, 6.45) is -1.62. The van der Waals surface area contributed by atoms with Crippen LogP contribution in [0.3, 0.4) is 0 Å². The zero-order valence-electron chi connectivity index (χ0n) is 19.5. The molecule has 0 atom stereocenters. The summed E-state index contributed by atoms with van der Waals surface area (Å²) in [6, 6.07) is 3.54. The summed E-state index contributed by atoms with van der Waals surface area (Å²) >= 11 is 0. The zero-order valence-corrected chi connectivity index (χ0v) is 20.3. The highest BCUT2D eigenvalue weighted by Gasteiger charge is 2.43. The third-order valence-corrected chi connectivity index (χ3v) is 7.29. The summed E-state index contributed by atoms with van der Waals surface area (Å²) in [4.78, 5) is 26.4. The summed E-state index contributed by atoms with van der Waals surface area (Å²) in [5.74, 6) is -0.680. The van der Waals surface area contributed by atoms with Gasteiger partial charge in [-0.3, -0.25) is 14.4 Å². The van der Waals surface area contributed by atoms with E-state index >= 15 is 0 Å². The van der Waals surface area contributed by atoms with Crippen LogP contribution in [-0.4, -0.2) is 68.2 Å². The fraction of sp³-hybridized carbons (Fsp3) is 0.636. The second kappa shape index (κ2) is 10.6. The van der Waals surface area contributed by atoms with Crippen molar-refractivity contribution in [3.05, 3.63) is 29.3 Å². The first-order chi connectivity index (χ1) is 16.3. The molecule has 196 valence electrons. The summed E-state index contributed by atoms with van der Waals surface area (Å²) < 4.78 is 64.1. The number of hydrogen-bond acceptors (Lipinski definition) is 7. The highest BCUT2D eigenvalue weighted by atomic mass is 32.2. The Hall–Kier alpha value is -2.54. The van der Waals surface area contributed by atoms with Crippen LogP contribution in [0.2, 0.25) is 0 Å². The molecule has 2 aliphatic heterocycles. The van der Waals surface area contributed by atoms with E-state index in [2.05, 4.69) is 10.2 Å². The topological polar surface area (TPSA) is 122 Å². The van der Waals surface area contributed by atoms with Crippen LogP contribution in [0.4, 0.5) is 23.7 Å². The predicted octanol–water partition coefficient (Wildman–Crippen LogP) is 1.75. The van der Waals surface area contributed by atoms with Gasteiger partial charge in [-0.1, -0.05) is 6.07 Å². The lowest BCUT2D eigenvalue weighted by atomic mass is 9.84. The zero-order chi connectivity index (χ0) is 25.9. The van der Waals surface area contributed by atoms with Crippen molar-refractivity contribution < 1.29 is 36.3 Å². The molecular weight excluding hydrogens is 489 g/mol. The number of carbonyl (C=O) groups excluding carboxylic acids is 2. The molecule has 2 fully saturated rings. The van der Waals surface area contributed by atoms with Crippen molar-refractivity contribution in [2.75, 3.05) is 37.8 Å². The number of likely N-dealkylation sites (tertiary alicyclic amines) is 2. The Labute approximate surface area is 202 Å².